The molecule has 0 radical (unpaired) electrons. The zero-order valence-corrected chi connectivity index (χ0v) is 23.7. The summed E-state index contributed by atoms with van der Waals surface area (Å²) in [5, 5.41) is 10.8. The van der Waals surface area contributed by atoms with Crippen LogP contribution in [0.25, 0.3) is 6.08 Å². The predicted octanol–water partition coefficient (Wildman–Crippen LogP) is 5.46. The highest BCUT2D eigenvalue weighted by molar-refractivity contribution is 9.10. The van der Waals surface area contributed by atoms with Gasteiger partial charge >= 0.3 is 5.97 Å². The molecule has 1 saturated heterocycles. The first kappa shape index (κ1) is 26.5. The van der Waals surface area contributed by atoms with Crippen molar-refractivity contribution in [2.24, 2.45) is 5.41 Å². The Balaban J connectivity index is 1.78. The van der Waals surface area contributed by atoms with E-state index in [0.29, 0.717) is 21.3 Å². The van der Waals surface area contributed by atoms with Crippen molar-refractivity contribution in [3.05, 3.63) is 94.0 Å². The van der Waals surface area contributed by atoms with Crippen molar-refractivity contribution in [3.8, 4) is 11.8 Å². The van der Waals surface area contributed by atoms with Gasteiger partial charge in [0.1, 0.15) is 11.8 Å². The van der Waals surface area contributed by atoms with Gasteiger partial charge < -0.3 is 19.3 Å². The van der Waals surface area contributed by atoms with Crippen molar-refractivity contribution in [3.63, 3.8) is 0 Å². The number of ether oxygens (including phenoxy) is 2. The molecule has 2 heterocycles. The van der Waals surface area contributed by atoms with Gasteiger partial charge in [0.2, 0.25) is 0 Å². The van der Waals surface area contributed by atoms with Crippen LogP contribution in [0.1, 0.15) is 27.4 Å². The predicted molar refractivity (Wildman–Crippen MR) is 154 cm³/mol. The number of methoxy groups -OCH3 is 2. The lowest BCUT2D eigenvalue weighted by molar-refractivity contribution is -0.150. The van der Waals surface area contributed by atoms with Crippen LogP contribution in [0.2, 0.25) is 0 Å². The number of esters is 1. The quantitative estimate of drug-likeness (QED) is 0.280. The first-order valence-electron chi connectivity index (χ1n) is 12.5. The minimum absolute atomic E-state index is 0.212. The number of nitrogens with zero attached hydrogens (tertiary/aromatic N) is 3. The minimum Gasteiger partial charge on any atom is -0.496 e. The number of ketones is 1. The molecule has 7 nitrogen and oxygen atoms in total. The zero-order valence-electron chi connectivity index (χ0n) is 22.1. The second-order valence-corrected chi connectivity index (χ2v) is 10.7. The smallest absolute Gasteiger partial charge is 0.329 e. The number of benzene rings is 3. The third-order valence-electron chi connectivity index (χ3n) is 7.73. The standard InChI is InChI=1S/C31H28BrN3O4/c1-34(2)22-13-9-20(10-14-22)27-28(29(36)21-11-15-25(38-3)23(32)17-21)35-24-8-6-5-7-19(24)12-16-26(35)31(27,18-33)30(37)39-4/h5-17,26-28H,1-4H3. The van der Waals surface area contributed by atoms with Crippen molar-refractivity contribution < 1.29 is 19.1 Å². The van der Waals surface area contributed by atoms with E-state index in [1.54, 1.807) is 25.3 Å². The van der Waals surface area contributed by atoms with Crippen LogP contribution in [0.4, 0.5) is 11.4 Å². The molecule has 0 amide bonds. The molecule has 4 unspecified atom stereocenters. The van der Waals surface area contributed by atoms with Gasteiger partial charge in [-0.3, -0.25) is 9.59 Å². The van der Waals surface area contributed by atoms with Crippen molar-refractivity contribution in [1.82, 2.24) is 0 Å². The highest BCUT2D eigenvalue weighted by Crippen LogP contribution is 2.56. The number of para-hydroxylation sites is 1. The van der Waals surface area contributed by atoms with E-state index in [9.17, 15) is 14.9 Å². The summed E-state index contributed by atoms with van der Waals surface area (Å²) in [6.45, 7) is 0. The molecule has 1 fully saturated rings. The number of Topliss-reactive ketones (excluding diaryl/α,β-unsaturated/α-hetero) is 1. The minimum atomic E-state index is -1.68. The summed E-state index contributed by atoms with van der Waals surface area (Å²) in [7, 11) is 6.72. The fraction of sp³-hybridized carbons (Fsp3) is 0.258. The van der Waals surface area contributed by atoms with Gasteiger partial charge in [-0.1, -0.05) is 42.5 Å². The number of anilines is 2. The molecular weight excluding hydrogens is 558 g/mol. The number of rotatable bonds is 6. The van der Waals surface area contributed by atoms with Crippen LogP contribution in [0, 0.1) is 16.7 Å². The SMILES string of the molecule is COC(=O)C1(C#N)C(c2ccc(N(C)C)cc2)C(C(=O)c2ccc(OC)c(Br)c2)N2c3ccccc3C=CC21. The topological polar surface area (TPSA) is 82.9 Å². The van der Waals surface area contributed by atoms with Gasteiger partial charge in [-0.2, -0.15) is 5.26 Å². The van der Waals surface area contributed by atoms with E-state index >= 15 is 0 Å². The monoisotopic (exact) mass is 585 g/mol. The van der Waals surface area contributed by atoms with Gasteiger partial charge in [-0.15, -0.1) is 0 Å². The first-order chi connectivity index (χ1) is 18.8. The molecule has 0 saturated carbocycles. The van der Waals surface area contributed by atoms with E-state index in [2.05, 4.69) is 22.0 Å². The number of nitriles is 1. The Kier molecular flexibility index (Phi) is 6.96. The average molecular weight is 586 g/mol. The Morgan fingerprint density at radius 1 is 1.05 bits per heavy atom. The highest BCUT2D eigenvalue weighted by atomic mass is 79.9. The summed E-state index contributed by atoms with van der Waals surface area (Å²) < 4.78 is 11.3. The third-order valence-corrected chi connectivity index (χ3v) is 8.35. The molecule has 0 aliphatic carbocycles. The van der Waals surface area contributed by atoms with Gasteiger partial charge in [0.25, 0.3) is 0 Å². The molecule has 0 N–H and O–H groups in total. The Labute approximate surface area is 236 Å². The molecule has 0 bridgehead atoms. The summed E-state index contributed by atoms with van der Waals surface area (Å²) >= 11 is 3.50. The van der Waals surface area contributed by atoms with E-state index in [-0.39, 0.29) is 5.78 Å². The first-order valence-corrected chi connectivity index (χ1v) is 13.3. The lowest BCUT2D eigenvalue weighted by atomic mass is 9.68. The lowest BCUT2D eigenvalue weighted by Gasteiger charge is -2.36. The molecule has 2 aliphatic rings. The van der Waals surface area contributed by atoms with Crippen LogP contribution in [0.15, 0.2) is 77.3 Å². The molecular formula is C31H28BrN3O4. The van der Waals surface area contributed by atoms with Crippen molar-refractivity contribution in [2.45, 2.75) is 18.0 Å². The van der Waals surface area contributed by atoms with Crippen LogP contribution in [-0.2, 0) is 9.53 Å². The van der Waals surface area contributed by atoms with E-state index < -0.39 is 29.4 Å². The summed E-state index contributed by atoms with van der Waals surface area (Å²) in [4.78, 5) is 32.1. The van der Waals surface area contributed by atoms with Gasteiger partial charge in [-0.05, 0) is 63.5 Å². The molecule has 0 aromatic heterocycles. The Morgan fingerprint density at radius 3 is 2.38 bits per heavy atom. The fourth-order valence-electron chi connectivity index (χ4n) is 5.88. The zero-order chi connectivity index (χ0) is 27.9. The summed E-state index contributed by atoms with van der Waals surface area (Å²) in [6, 6.07) is 21.3. The normalized spacial score (nSPS) is 22.9. The molecule has 0 spiro atoms. The fourth-order valence-corrected chi connectivity index (χ4v) is 6.42. The summed E-state index contributed by atoms with van der Waals surface area (Å²) in [5.41, 5.74) is 2.12. The van der Waals surface area contributed by atoms with Crippen LogP contribution >= 0.6 is 15.9 Å². The van der Waals surface area contributed by atoms with Crippen LogP contribution in [-0.4, -0.2) is 52.2 Å². The Morgan fingerprint density at radius 2 is 1.77 bits per heavy atom. The van der Waals surface area contributed by atoms with Crippen LogP contribution in [0.5, 0.6) is 5.75 Å². The maximum absolute atomic E-state index is 14.5. The van der Waals surface area contributed by atoms with E-state index in [4.69, 9.17) is 9.47 Å². The van der Waals surface area contributed by atoms with Crippen LogP contribution < -0.4 is 14.5 Å². The molecule has 39 heavy (non-hydrogen) atoms. The number of fused-ring (bicyclic) bond motifs is 3. The number of hydrogen-bond donors (Lipinski definition) is 0. The van der Waals surface area contributed by atoms with Gasteiger partial charge in [-0.25, -0.2) is 0 Å². The second kappa shape index (κ2) is 10.2. The Hall–Kier alpha value is -4.09. The van der Waals surface area contributed by atoms with Crippen molar-refractivity contribution in [2.75, 3.05) is 38.1 Å². The molecule has 198 valence electrons. The molecule has 3 aromatic rings. The molecule has 8 heteroatoms. The van der Waals surface area contributed by atoms with Crippen molar-refractivity contribution >= 4 is 45.1 Å². The Bertz CT molecular complexity index is 1510. The summed E-state index contributed by atoms with van der Waals surface area (Å²) in [6.07, 6.45) is 3.76. The third kappa shape index (κ3) is 4.09. The van der Waals surface area contributed by atoms with E-state index in [1.165, 1.54) is 7.11 Å². The largest absolute Gasteiger partial charge is 0.496 e. The van der Waals surface area contributed by atoms with Crippen molar-refractivity contribution in [1.29, 1.82) is 5.26 Å². The molecule has 2 aliphatic heterocycles. The van der Waals surface area contributed by atoms with Crippen LogP contribution in [0.3, 0.4) is 0 Å². The maximum Gasteiger partial charge on any atom is 0.329 e. The van der Waals surface area contributed by atoms with E-state index in [1.807, 2.05) is 84.6 Å². The molecule has 3 aromatic carbocycles. The number of carbonyl (C=O) groups is 2. The maximum atomic E-state index is 14.5. The second-order valence-electron chi connectivity index (χ2n) is 9.86. The van der Waals surface area contributed by atoms with E-state index in [0.717, 1.165) is 16.9 Å². The molecule has 4 atom stereocenters. The van der Waals surface area contributed by atoms with Gasteiger partial charge in [0.05, 0.1) is 30.8 Å². The lowest BCUT2D eigenvalue weighted by Crippen LogP contribution is -2.46. The van der Waals surface area contributed by atoms with Gasteiger partial charge in [0.15, 0.2) is 11.2 Å². The van der Waals surface area contributed by atoms with Gasteiger partial charge in [0, 0.05) is 37.0 Å². The summed E-state index contributed by atoms with van der Waals surface area (Å²) in [5.74, 6) is -1.10. The molecule has 5 rings (SSSR count). The number of halogens is 1. The highest BCUT2D eigenvalue weighted by Gasteiger charge is 2.67. The number of hydrogen-bond acceptors (Lipinski definition) is 7. The number of carbonyl (C=O) groups excluding carboxylic acids is 2. The average Bonchev–Trinajstić information content (AvgIpc) is 3.28.